The molecule has 7 heteroatoms. The summed E-state index contributed by atoms with van der Waals surface area (Å²) in [6, 6.07) is 12.1. The number of aryl methyl sites for hydroxylation is 1. The summed E-state index contributed by atoms with van der Waals surface area (Å²) in [7, 11) is 0. The van der Waals surface area contributed by atoms with Crippen LogP contribution >= 0.6 is 0 Å². The quantitative estimate of drug-likeness (QED) is 0.736. The molecule has 2 aromatic carbocycles. The zero-order chi connectivity index (χ0) is 18.7. The van der Waals surface area contributed by atoms with Crippen molar-refractivity contribution in [3.63, 3.8) is 0 Å². The molecule has 3 N–H and O–H groups in total. The molecule has 2 amide bonds. The van der Waals surface area contributed by atoms with Gasteiger partial charge in [-0.05, 0) is 49.4 Å². The van der Waals surface area contributed by atoms with Crippen molar-refractivity contribution in [1.29, 1.82) is 0 Å². The van der Waals surface area contributed by atoms with E-state index in [1.165, 1.54) is 24.3 Å². The van der Waals surface area contributed by atoms with Crippen LogP contribution < -0.4 is 11.1 Å². The van der Waals surface area contributed by atoms with Gasteiger partial charge in [0.25, 0.3) is 0 Å². The average molecular weight is 353 g/mol. The van der Waals surface area contributed by atoms with E-state index in [0.29, 0.717) is 28.3 Å². The number of nitrogens with zero attached hydrogens (tertiary/aromatic N) is 1. The molecule has 0 fully saturated rings. The molecule has 26 heavy (non-hydrogen) atoms. The van der Waals surface area contributed by atoms with Crippen LogP contribution in [-0.4, -0.2) is 16.8 Å². The van der Waals surface area contributed by atoms with E-state index in [1.54, 1.807) is 31.2 Å². The number of nitrogens with two attached hydrogens (primary N) is 1. The number of carbonyl (C=O) groups excluding carboxylic acids is 2. The summed E-state index contributed by atoms with van der Waals surface area (Å²) >= 11 is 0. The van der Waals surface area contributed by atoms with Crippen LogP contribution in [0.2, 0.25) is 0 Å². The van der Waals surface area contributed by atoms with Crippen molar-refractivity contribution in [2.75, 3.05) is 5.32 Å². The second kappa shape index (κ2) is 7.18. The van der Waals surface area contributed by atoms with Crippen molar-refractivity contribution in [3.05, 3.63) is 71.4 Å². The minimum absolute atomic E-state index is 0.00220. The molecule has 6 nitrogen and oxygen atoms in total. The maximum atomic E-state index is 13.3. The van der Waals surface area contributed by atoms with E-state index in [-0.39, 0.29) is 18.2 Å². The number of halogens is 1. The predicted molar refractivity (Wildman–Crippen MR) is 93.9 cm³/mol. The second-order valence-electron chi connectivity index (χ2n) is 5.70. The zero-order valence-corrected chi connectivity index (χ0v) is 14.0. The highest BCUT2D eigenvalue weighted by molar-refractivity contribution is 5.95. The number of carbonyl (C=O) groups is 2. The predicted octanol–water partition coefficient (Wildman–Crippen LogP) is 3.07. The Morgan fingerprint density at radius 2 is 1.92 bits per heavy atom. The molecule has 0 bridgehead atoms. The van der Waals surface area contributed by atoms with E-state index >= 15 is 0 Å². The highest BCUT2D eigenvalue weighted by Crippen LogP contribution is 2.23. The molecule has 0 saturated heterocycles. The lowest BCUT2D eigenvalue weighted by molar-refractivity contribution is -0.115. The van der Waals surface area contributed by atoms with E-state index in [9.17, 15) is 14.0 Å². The smallest absolute Gasteiger partial charge is 0.248 e. The molecule has 1 heterocycles. The Morgan fingerprint density at radius 3 is 2.58 bits per heavy atom. The lowest BCUT2D eigenvalue weighted by atomic mass is 10.2. The van der Waals surface area contributed by atoms with Crippen molar-refractivity contribution in [2.24, 2.45) is 5.73 Å². The van der Waals surface area contributed by atoms with Gasteiger partial charge < -0.3 is 15.5 Å². The zero-order valence-electron chi connectivity index (χ0n) is 14.0. The minimum atomic E-state index is -0.536. The molecule has 0 saturated carbocycles. The molecule has 0 spiro atoms. The normalized spacial score (nSPS) is 10.5. The topological polar surface area (TPSA) is 98.2 Å². The minimum Gasteiger partial charge on any atom is -0.441 e. The van der Waals surface area contributed by atoms with Crippen LogP contribution in [0.4, 0.5) is 10.1 Å². The van der Waals surface area contributed by atoms with Crippen molar-refractivity contribution < 1.29 is 18.4 Å². The Hall–Kier alpha value is -3.48. The van der Waals surface area contributed by atoms with E-state index in [2.05, 4.69) is 10.3 Å². The number of aromatic nitrogens is 1. The maximum Gasteiger partial charge on any atom is 0.248 e. The molecule has 3 rings (SSSR count). The Bertz CT molecular complexity index is 964. The number of rotatable bonds is 5. The SMILES string of the molecule is Cc1oc(-c2cccc(F)c2)nc1CC(=O)Nc1ccc(C(N)=O)cc1. The van der Waals surface area contributed by atoms with Gasteiger partial charge in [0.2, 0.25) is 17.7 Å². The molecule has 0 aliphatic heterocycles. The second-order valence-corrected chi connectivity index (χ2v) is 5.70. The number of hydrogen-bond acceptors (Lipinski definition) is 4. The summed E-state index contributed by atoms with van der Waals surface area (Å²) < 4.78 is 18.9. The van der Waals surface area contributed by atoms with Crippen LogP contribution in [0.25, 0.3) is 11.5 Å². The first-order valence-electron chi connectivity index (χ1n) is 7.84. The van der Waals surface area contributed by atoms with Gasteiger partial charge in [0.15, 0.2) is 0 Å². The fourth-order valence-electron chi connectivity index (χ4n) is 2.41. The van der Waals surface area contributed by atoms with Gasteiger partial charge in [-0.2, -0.15) is 0 Å². The maximum absolute atomic E-state index is 13.3. The van der Waals surface area contributed by atoms with E-state index in [0.717, 1.165) is 0 Å². The lowest BCUT2D eigenvalue weighted by Crippen LogP contribution is -2.15. The monoisotopic (exact) mass is 353 g/mol. The molecule has 1 aromatic heterocycles. The summed E-state index contributed by atoms with van der Waals surface area (Å²) in [5, 5.41) is 2.71. The molecule has 3 aromatic rings. The first-order chi connectivity index (χ1) is 12.4. The first kappa shape index (κ1) is 17.3. The fourth-order valence-corrected chi connectivity index (χ4v) is 2.41. The summed E-state index contributed by atoms with van der Waals surface area (Å²) in [4.78, 5) is 27.5. The van der Waals surface area contributed by atoms with Gasteiger partial charge in [-0.15, -0.1) is 0 Å². The Kier molecular flexibility index (Phi) is 4.79. The van der Waals surface area contributed by atoms with Crippen LogP contribution in [0.3, 0.4) is 0 Å². The van der Waals surface area contributed by atoms with Crippen molar-refractivity contribution in [1.82, 2.24) is 4.98 Å². The van der Waals surface area contributed by atoms with Crippen LogP contribution in [0.5, 0.6) is 0 Å². The van der Waals surface area contributed by atoms with Gasteiger partial charge in [0, 0.05) is 16.8 Å². The molecular formula is C19H16FN3O3. The summed E-state index contributed by atoms with van der Waals surface area (Å²) in [6.07, 6.45) is 0.00220. The molecule has 0 atom stereocenters. The highest BCUT2D eigenvalue weighted by atomic mass is 19.1. The van der Waals surface area contributed by atoms with Gasteiger partial charge >= 0.3 is 0 Å². The Labute approximate surface area is 148 Å². The Morgan fingerprint density at radius 1 is 1.19 bits per heavy atom. The third kappa shape index (κ3) is 3.94. The number of hydrogen-bond donors (Lipinski definition) is 2. The number of anilines is 1. The standard InChI is InChI=1S/C19H16FN3O3/c1-11-16(23-19(26-11)13-3-2-4-14(20)9-13)10-17(24)22-15-7-5-12(6-8-15)18(21)25/h2-9H,10H2,1H3,(H2,21,25)(H,22,24). The largest absolute Gasteiger partial charge is 0.441 e. The van der Waals surface area contributed by atoms with Crippen LogP contribution in [-0.2, 0) is 11.2 Å². The number of oxazole rings is 1. The van der Waals surface area contributed by atoms with Gasteiger partial charge in [-0.3, -0.25) is 9.59 Å². The molecule has 0 aliphatic rings. The number of primary amides is 1. The van der Waals surface area contributed by atoms with Crippen LogP contribution in [0.15, 0.2) is 52.9 Å². The van der Waals surface area contributed by atoms with Crippen LogP contribution in [0.1, 0.15) is 21.8 Å². The van der Waals surface area contributed by atoms with E-state index in [4.69, 9.17) is 10.2 Å². The fraction of sp³-hybridized carbons (Fsp3) is 0.105. The number of benzene rings is 2. The van der Waals surface area contributed by atoms with Crippen molar-refractivity contribution in [2.45, 2.75) is 13.3 Å². The van der Waals surface area contributed by atoms with Crippen molar-refractivity contribution >= 4 is 17.5 Å². The summed E-state index contributed by atoms with van der Waals surface area (Å²) in [6.45, 7) is 1.69. The number of amides is 2. The van der Waals surface area contributed by atoms with Gasteiger partial charge in [-0.1, -0.05) is 6.07 Å². The molecule has 0 aliphatic carbocycles. The third-order valence-corrected chi connectivity index (χ3v) is 3.75. The lowest BCUT2D eigenvalue weighted by Gasteiger charge is -2.04. The van der Waals surface area contributed by atoms with Gasteiger partial charge in [0.05, 0.1) is 12.1 Å². The highest BCUT2D eigenvalue weighted by Gasteiger charge is 2.15. The number of nitrogens with one attached hydrogen (secondary N) is 1. The summed E-state index contributed by atoms with van der Waals surface area (Å²) in [5.74, 6) is -0.471. The average Bonchev–Trinajstić information content (AvgIpc) is 2.96. The first-order valence-corrected chi connectivity index (χ1v) is 7.84. The van der Waals surface area contributed by atoms with E-state index < -0.39 is 11.7 Å². The van der Waals surface area contributed by atoms with Crippen molar-refractivity contribution in [3.8, 4) is 11.5 Å². The molecule has 132 valence electrons. The van der Waals surface area contributed by atoms with Gasteiger partial charge in [-0.25, -0.2) is 9.37 Å². The molecular weight excluding hydrogens is 337 g/mol. The Balaban J connectivity index is 1.70. The van der Waals surface area contributed by atoms with Gasteiger partial charge in [0.1, 0.15) is 11.6 Å². The third-order valence-electron chi connectivity index (χ3n) is 3.75. The summed E-state index contributed by atoms with van der Waals surface area (Å²) in [5.41, 5.74) is 7.04. The van der Waals surface area contributed by atoms with Crippen LogP contribution in [0, 0.1) is 12.7 Å². The van der Waals surface area contributed by atoms with E-state index in [1.807, 2.05) is 0 Å². The molecule has 0 unspecified atom stereocenters. The molecule has 0 radical (unpaired) electrons.